The smallest absolute Gasteiger partial charge is 0.138 e. The van der Waals surface area contributed by atoms with Crippen molar-refractivity contribution in [2.24, 2.45) is 0 Å². The third-order valence-electron chi connectivity index (χ3n) is 2.90. The first-order valence-corrected chi connectivity index (χ1v) is 6.92. The minimum Gasteiger partial charge on any atom is -0.397 e. The molecule has 3 nitrogen and oxygen atoms in total. The number of nitrogens with two attached hydrogens (primary N) is 1. The van der Waals surface area contributed by atoms with Gasteiger partial charge >= 0.3 is 0 Å². The van der Waals surface area contributed by atoms with E-state index >= 15 is 0 Å². The summed E-state index contributed by atoms with van der Waals surface area (Å²) in [5, 5.41) is 0.602. The second-order valence-electron chi connectivity index (χ2n) is 4.49. The second kappa shape index (κ2) is 4.54. The number of hydrogen-bond donors (Lipinski definition) is 2. The summed E-state index contributed by atoms with van der Waals surface area (Å²) in [7, 11) is 0. The maximum atomic E-state index is 5.99. The number of aromatic nitrogens is 2. The summed E-state index contributed by atoms with van der Waals surface area (Å²) in [5.74, 6) is 0.786. The molecule has 5 heteroatoms. The number of H-pyrrole nitrogens is 1. The summed E-state index contributed by atoms with van der Waals surface area (Å²) in [6, 6.07) is 9.68. The Morgan fingerprint density at radius 3 is 2.74 bits per heavy atom. The molecule has 2 aromatic carbocycles. The standard InChI is InChI=1S/C14H11BrClN3/c1-7-2-8(4-9(15)3-7)14-18-12-6-10(16)5-11(17)13(12)19-14/h2-6H,17H2,1H3,(H,18,19). The third-order valence-corrected chi connectivity index (χ3v) is 3.57. The average molecular weight is 337 g/mol. The van der Waals surface area contributed by atoms with Crippen molar-refractivity contribution in [3.63, 3.8) is 0 Å². The first-order valence-electron chi connectivity index (χ1n) is 5.75. The number of nitrogens with one attached hydrogen (secondary N) is 1. The van der Waals surface area contributed by atoms with Gasteiger partial charge in [0.1, 0.15) is 11.3 Å². The van der Waals surface area contributed by atoms with Gasteiger partial charge in [0.2, 0.25) is 0 Å². The van der Waals surface area contributed by atoms with Gasteiger partial charge in [-0.15, -0.1) is 0 Å². The fourth-order valence-electron chi connectivity index (χ4n) is 2.12. The number of fused-ring (bicyclic) bond motifs is 1. The molecular weight excluding hydrogens is 326 g/mol. The van der Waals surface area contributed by atoms with Gasteiger partial charge in [-0.3, -0.25) is 0 Å². The Bertz CT molecular complexity index is 759. The van der Waals surface area contributed by atoms with Gasteiger partial charge in [0.15, 0.2) is 0 Å². The van der Waals surface area contributed by atoms with E-state index in [1.54, 1.807) is 6.07 Å². The van der Waals surface area contributed by atoms with E-state index in [1.807, 2.05) is 19.1 Å². The Labute approximate surface area is 123 Å². The van der Waals surface area contributed by atoms with Gasteiger partial charge in [0, 0.05) is 15.1 Å². The highest BCUT2D eigenvalue weighted by molar-refractivity contribution is 9.10. The van der Waals surface area contributed by atoms with Gasteiger partial charge in [-0.25, -0.2) is 4.98 Å². The molecule has 0 saturated heterocycles. The Hall–Kier alpha value is -1.52. The lowest BCUT2D eigenvalue weighted by Crippen LogP contribution is -1.86. The van der Waals surface area contributed by atoms with Crippen molar-refractivity contribution in [3.05, 3.63) is 45.4 Å². The van der Waals surface area contributed by atoms with Crippen LogP contribution in [-0.2, 0) is 0 Å². The van der Waals surface area contributed by atoms with Crippen molar-refractivity contribution in [2.75, 3.05) is 5.73 Å². The number of anilines is 1. The highest BCUT2D eigenvalue weighted by Crippen LogP contribution is 2.29. The summed E-state index contributed by atoms with van der Waals surface area (Å²) >= 11 is 9.49. The van der Waals surface area contributed by atoms with Crippen LogP contribution in [0.1, 0.15) is 5.56 Å². The number of halogens is 2. The predicted molar refractivity (Wildman–Crippen MR) is 83.4 cm³/mol. The SMILES string of the molecule is Cc1cc(Br)cc(-c2nc3c(N)cc(Cl)cc3[nH]2)c1. The summed E-state index contributed by atoms with van der Waals surface area (Å²) in [5.41, 5.74) is 10.3. The molecule has 0 amide bonds. The molecule has 19 heavy (non-hydrogen) atoms. The zero-order valence-corrected chi connectivity index (χ0v) is 12.5. The topological polar surface area (TPSA) is 54.7 Å². The van der Waals surface area contributed by atoms with Crippen LogP contribution in [0.25, 0.3) is 22.4 Å². The number of aryl methyl sites for hydroxylation is 1. The van der Waals surface area contributed by atoms with E-state index in [-0.39, 0.29) is 0 Å². The minimum absolute atomic E-state index is 0.580. The molecule has 0 aliphatic rings. The fourth-order valence-corrected chi connectivity index (χ4v) is 2.95. The van der Waals surface area contributed by atoms with Crippen molar-refractivity contribution < 1.29 is 0 Å². The molecule has 1 heterocycles. The average Bonchev–Trinajstić information content (AvgIpc) is 2.71. The van der Waals surface area contributed by atoms with E-state index < -0.39 is 0 Å². The van der Waals surface area contributed by atoms with Crippen molar-refractivity contribution in [1.29, 1.82) is 0 Å². The molecule has 0 radical (unpaired) electrons. The molecule has 3 N–H and O–H groups in total. The molecule has 3 rings (SSSR count). The number of benzene rings is 2. The van der Waals surface area contributed by atoms with E-state index in [2.05, 4.69) is 38.0 Å². The van der Waals surface area contributed by atoms with E-state index in [9.17, 15) is 0 Å². The molecule has 96 valence electrons. The molecule has 0 spiro atoms. The number of aromatic amines is 1. The Morgan fingerprint density at radius 1 is 1.21 bits per heavy atom. The summed E-state index contributed by atoms with van der Waals surface area (Å²) in [6.07, 6.45) is 0. The minimum atomic E-state index is 0.580. The van der Waals surface area contributed by atoms with Crippen LogP contribution < -0.4 is 5.73 Å². The van der Waals surface area contributed by atoms with Gasteiger partial charge in [0.05, 0.1) is 11.2 Å². The van der Waals surface area contributed by atoms with E-state index in [0.29, 0.717) is 10.7 Å². The number of hydrogen-bond acceptors (Lipinski definition) is 2. The maximum Gasteiger partial charge on any atom is 0.138 e. The normalized spacial score (nSPS) is 11.1. The van der Waals surface area contributed by atoms with Crippen molar-refractivity contribution in [2.45, 2.75) is 6.92 Å². The van der Waals surface area contributed by atoms with Crippen LogP contribution >= 0.6 is 27.5 Å². The van der Waals surface area contributed by atoms with Crippen LogP contribution in [0.4, 0.5) is 5.69 Å². The van der Waals surface area contributed by atoms with Crippen LogP contribution in [0.3, 0.4) is 0 Å². The van der Waals surface area contributed by atoms with Crippen LogP contribution in [-0.4, -0.2) is 9.97 Å². The quantitative estimate of drug-likeness (QED) is 0.641. The Morgan fingerprint density at radius 2 is 2.00 bits per heavy atom. The molecule has 0 aliphatic heterocycles. The van der Waals surface area contributed by atoms with Crippen LogP contribution in [0, 0.1) is 6.92 Å². The third kappa shape index (κ3) is 2.33. The molecule has 0 fully saturated rings. The number of nitrogen functional groups attached to an aromatic ring is 1. The summed E-state index contributed by atoms with van der Waals surface area (Å²) in [4.78, 5) is 7.80. The second-order valence-corrected chi connectivity index (χ2v) is 5.85. The first-order chi connectivity index (χ1) is 9.02. The van der Waals surface area contributed by atoms with Crippen LogP contribution in [0.5, 0.6) is 0 Å². The highest BCUT2D eigenvalue weighted by atomic mass is 79.9. The molecule has 0 aliphatic carbocycles. The molecule has 3 aromatic rings. The number of rotatable bonds is 1. The number of imidazole rings is 1. The van der Waals surface area contributed by atoms with Gasteiger partial charge in [-0.1, -0.05) is 27.5 Å². The van der Waals surface area contributed by atoms with Crippen molar-refractivity contribution in [1.82, 2.24) is 9.97 Å². The van der Waals surface area contributed by atoms with Gasteiger partial charge in [-0.05, 0) is 42.8 Å². The summed E-state index contributed by atoms with van der Waals surface area (Å²) < 4.78 is 1.02. The number of nitrogens with zero attached hydrogens (tertiary/aromatic N) is 1. The zero-order chi connectivity index (χ0) is 13.6. The highest BCUT2D eigenvalue weighted by Gasteiger charge is 2.09. The maximum absolute atomic E-state index is 5.99. The van der Waals surface area contributed by atoms with E-state index in [0.717, 1.165) is 32.5 Å². The van der Waals surface area contributed by atoms with Gasteiger partial charge in [0.25, 0.3) is 0 Å². The monoisotopic (exact) mass is 335 g/mol. The van der Waals surface area contributed by atoms with Crippen LogP contribution in [0.2, 0.25) is 5.02 Å². The lowest BCUT2D eigenvalue weighted by atomic mass is 10.1. The fraction of sp³-hybridized carbons (Fsp3) is 0.0714. The van der Waals surface area contributed by atoms with Crippen molar-refractivity contribution in [3.8, 4) is 11.4 Å². The first kappa shape index (κ1) is 12.5. The molecular formula is C14H11BrClN3. The molecule has 0 atom stereocenters. The van der Waals surface area contributed by atoms with E-state index in [4.69, 9.17) is 17.3 Å². The molecule has 0 unspecified atom stereocenters. The largest absolute Gasteiger partial charge is 0.397 e. The zero-order valence-electron chi connectivity index (χ0n) is 10.2. The lowest BCUT2D eigenvalue weighted by molar-refractivity contribution is 1.32. The van der Waals surface area contributed by atoms with E-state index in [1.165, 1.54) is 0 Å². The van der Waals surface area contributed by atoms with Crippen molar-refractivity contribution >= 4 is 44.3 Å². The summed E-state index contributed by atoms with van der Waals surface area (Å²) in [6.45, 7) is 2.04. The van der Waals surface area contributed by atoms with Gasteiger partial charge < -0.3 is 10.7 Å². The predicted octanol–water partition coefficient (Wildman–Crippen LogP) is 4.54. The molecule has 0 bridgehead atoms. The van der Waals surface area contributed by atoms with Crippen LogP contribution in [0.15, 0.2) is 34.8 Å². The van der Waals surface area contributed by atoms with Gasteiger partial charge in [-0.2, -0.15) is 0 Å². The lowest BCUT2D eigenvalue weighted by Gasteiger charge is -2.00. The molecule has 1 aromatic heterocycles. The molecule has 0 saturated carbocycles. The Kier molecular flexibility index (Phi) is 2.99. The Balaban J connectivity index is 2.23.